The van der Waals surface area contributed by atoms with E-state index in [-0.39, 0.29) is 5.41 Å². The van der Waals surface area contributed by atoms with Crippen LogP contribution in [0.1, 0.15) is 60.8 Å². The maximum absolute atomic E-state index is 13.3. The van der Waals surface area contributed by atoms with Crippen LogP contribution < -0.4 is 5.32 Å². The summed E-state index contributed by atoms with van der Waals surface area (Å²) in [6, 6.07) is 16.2. The van der Waals surface area contributed by atoms with E-state index in [1.165, 1.54) is 0 Å². The molecule has 0 fully saturated rings. The molecule has 174 valence electrons. The molecule has 1 unspecified atom stereocenters. The van der Waals surface area contributed by atoms with Crippen molar-refractivity contribution in [1.29, 1.82) is 5.26 Å². The molecule has 3 aromatic rings. The van der Waals surface area contributed by atoms with Gasteiger partial charge in [-0.25, -0.2) is 4.79 Å². The van der Waals surface area contributed by atoms with E-state index in [1.807, 2.05) is 30.3 Å². The van der Waals surface area contributed by atoms with Gasteiger partial charge in [-0.15, -0.1) is 0 Å². The van der Waals surface area contributed by atoms with Crippen LogP contribution in [0.4, 0.5) is 5.69 Å². The van der Waals surface area contributed by atoms with Crippen molar-refractivity contribution in [3.8, 4) is 6.07 Å². The van der Waals surface area contributed by atoms with Crippen LogP contribution in [0, 0.1) is 22.7 Å². The third kappa shape index (κ3) is 4.79. The predicted octanol–water partition coefficient (Wildman–Crippen LogP) is 5.44. The molecule has 0 spiro atoms. The molecule has 1 heterocycles. The third-order valence-electron chi connectivity index (χ3n) is 7.09. The number of carbonyl (C=O) groups excluding carboxylic acids is 2. The number of nitrogens with one attached hydrogen (secondary N) is 1. The molecule has 0 bridgehead atoms. The van der Waals surface area contributed by atoms with Crippen molar-refractivity contribution in [1.82, 2.24) is 4.98 Å². The first-order valence-corrected chi connectivity index (χ1v) is 11.7. The molecule has 0 aliphatic heterocycles. The average Bonchev–Trinajstić information content (AvgIpc) is 2.85. The smallest absolute Gasteiger partial charge is 0.339 e. The normalized spacial score (nSPS) is 15.3. The summed E-state index contributed by atoms with van der Waals surface area (Å²) < 4.78 is 5.50. The maximum Gasteiger partial charge on any atom is 0.339 e. The van der Waals surface area contributed by atoms with Crippen LogP contribution >= 0.6 is 0 Å². The zero-order chi connectivity index (χ0) is 24.3. The molecule has 0 saturated carbocycles. The monoisotopic (exact) mass is 455 g/mol. The van der Waals surface area contributed by atoms with E-state index < -0.39 is 18.5 Å². The summed E-state index contributed by atoms with van der Waals surface area (Å²) in [5, 5.41) is 12.5. The zero-order valence-corrected chi connectivity index (χ0v) is 19.9. The van der Waals surface area contributed by atoms with Crippen molar-refractivity contribution in [2.24, 2.45) is 11.3 Å². The largest absolute Gasteiger partial charge is 0.452 e. The number of para-hydroxylation sites is 1. The Hall–Kier alpha value is -3.72. The second kappa shape index (κ2) is 9.64. The number of carbonyl (C=O) groups is 2. The Morgan fingerprint density at radius 1 is 1.21 bits per heavy atom. The molecule has 1 amide bonds. The summed E-state index contributed by atoms with van der Waals surface area (Å²) in [5.74, 6) is -0.526. The fourth-order valence-corrected chi connectivity index (χ4v) is 4.64. The summed E-state index contributed by atoms with van der Waals surface area (Å²) in [7, 11) is 0. The number of nitrogens with zero attached hydrogens (tertiary/aromatic N) is 2. The molecule has 0 saturated heterocycles. The topological polar surface area (TPSA) is 92.1 Å². The Bertz CT molecular complexity index is 1290. The predicted molar refractivity (Wildman–Crippen MR) is 131 cm³/mol. The van der Waals surface area contributed by atoms with Crippen LogP contribution in [0.25, 0.3) is 10.9 Å². The average molecular weight is 456 g/mol. The van der Waals surface area contributed by atoms with Crippen LogP contribution in [0.3, 0.4) is 0 Å². The molecular formula is C28H29N3O3. The summed E-state index contributed by atoms with van der Waals surface area (Å²) in [6.45, 7) is 6.35. The van der Waals surface area contributed by atoms with E-state index in [9.17, 15) is 9.59 Å². The summed E-state index contributed by atoms with van der Waals surface area (Å²) >= 11 is 0. The minimum Gasteiger partial charge on any atom is -0.452 e. The Morgan fingerprint density at radius 2 is 2.00 bits per heavy atom. The van der Waals surface area contributed by atoms with Crippen molar-refractivity contribution >= 4 is 28.5 Å². The molecule has 1 N–H and O–H groups in total. The van der Waals surface area contributed by atoms with E-state index >= 15 is 0 Å². The number of nitriles is 1. The second-order valence-electron chi connectivity index (χ2n) is 9.53. The second-order valence-corrected chi connectivity index (χ2v) is 9.53. The number of hydrogen-bond donors (Lipinski definition) is 1. The van der Waals surface area contributed by atoms with Crippen LogP contribution in [-0.4, -0.2) is 23.5 Å². The van der Waals surface area contributed by atoms with Gasteiger partial charge in [-0.05, 0) is 60.4 Å². The van der Waals surface area contributed by atoms with E-state index in [0.29, 0.717) is 22.7 Å². The van der Waals surface area contributed by atoms with Crippen molar-refractivity contribution < 1.29 is 14.3 Å². The van der Waals surface area contributed by atoms with Crippen molar-refractivity contribution in [2.75, 3.05) is 11.9 Å². The first-order valence-electron chi connectivity index (χ1n) is 11.7. The third-order valence-corrected chi connectivity index (χ3v) is 7.09. The van der Waals surface area contributed by atoms with Crippen molar-refractivity contribution in [3.63, 3.8) is 0 Å². The molecule has 2 aromatic carbocycles. The lowest BCUT2D eigenvalue weighted by Gasteiger charge is -2.37. The van der Waals surface area contributed by atoms with Crippen LogP contribution in [0.5, 0.6) is 0 Å². The number of fused-ring (bicyclic) bond motifs is 2. The van der Waals surface area contributed by atoms with Gasteiger partial charge in [-0.1, -0.05) is 51.5 Å². The first kappa shape index (κ1) is 23.4. The summed E-state index contributed by atoms with van der Waals surface area (Å²) in [4.78, 5) is 30.6. The number of aromatic nitrogens is 1. The molecular weight excluding hydrogens is 426 g/mol. The molecule has 1 aliphatic rings. The van der Waals surface area contributed by atoms with Gasteiger partial charge in [0.1, 0.15) is 0 Å². The SMILES string of the molecule is CCC(C)(C)C1CCc2nc3ccccc3c(C(=O)OCC(=O)Nc3cccc(C#N)c3)c2C1. The minimum absolute atomic E-state index is 0.155. The highest BCUT2D eigenvalue weighted by molar-refractivity contribution is 6.06. The molecule has 1 atom stereocenters. The fourth-order valence-electron chi connectivity index (χ4n) is 4.64. The van der Waals surface area contributed by atoms with Crippen molar-refractivity contribution in [3.05, 3.63) is 70.9 Å². The lowest BCUT2D eigenvalue weighted by atomic mass is 9.68. The maximum atomic E-state index is 13.3. The summed E-state index contributed by atoms with van der Waals surface area (Å²) in [5.41, 5.74) is 4.26. The van der Waals surface area contributed by atoms with E-state index in [4.69, 9.17) is 15.0 Å². The van der Waals surface area contributed by atoms with Gasteiger partial charge in [0, 0.05) is 16.8 Å². The number of pyridine rings is 1. The van der Waals surface area contributed by atoms with Gasteiger partial charge in [0.15, 0.2) is 6.61 Å². The quantitative estimate of drug-likeness (QED) is 0.500. The highest BCUT2D eigenvalue weighted by Gasteiger charge is 2.34. The molecule has 6 nitrogen and oxygen atoms in total. The number of amides is 1. The van der Waals surface area contributed by atoms with Gasteiger partial charge in [0.25, 0.3) is 5.91 Å². The lowest BCUT2D eigenvalue weighted by Crippen LogP contribution is -2.31. The van der Waals surface area contributed by atoms with E-state index in [2.05, 4.69) is 26.1 Å². The van der Waals surface area contributed by atoms with Gasteiger partial charge in [-0.2, -0.15) is 5.26 Å². The van der Waals surface area contributed by atoms with Gasteiger partial charge >= 0.3 is 5.97 Å². The van der Waals surface area contributed by atoms with Gasteiger partial charge in [0.2, 0.25) is 0 Å². The van der Waals surface area contributed by atoms with Gasteiger partial charge in [0.05, 0.1) is 22.7 Å². The number of esters is 1. The van der Waals surface area contributed by atoms with Crippen LogP contribution in [0.15, 0.2) is 48.5 Å². The summed E-state index contributed by atoms with van der Waals surface area (Å²) in [6.07, 6.45) is 3.69. The van der Waals surface area contributed by atoms with E-state index in [1.54, 1.807) is 24.3 Å². The first-order chi connectivity index (χ1) is 16.3. The molecule has 6 heteroatoms. The minimum atomic E-state index is -0.509. The number of aryl methyl sites for hydroxylation is 1. The number of rotatable bonds is 6. The van der Waals surface area contributed by atoms with E-state index in [0.717, 1.165) is 47.8 Å². The molecule has 34 heavy (non-hydrogen) atoms. The van der Waals surface area contributed by atoms with Crippen LogP contribution in [-0.2, 0) is 22.4 Å². The Kier molecular flexibility index (Phi) is 6.65. The lowest BCUT2D eigenvalue weighted by molar-refractivity contribution is -0.119. The number of benzene rings is 2. The number of ether oxygens (including phenoxy) is 1. The van der Waals surface area contributed by atoms with Gasteiger partial charge < -0.3 is 10.1 Å². The van der Waals surface area contributed by atoms with Crippen LogP contribution in [0.2, 0.25) is 0 Å². The Labute approximate surface area is 200 Å². The standard InChI is InChI=1S/C28H29N3O3/c1-4-28(2,3)19-12-13-24-22(15-19)26(21-10-5-6-11-23(21)31-24)27(33)34-17-25(32)30-20-9-7-8-18(14-20)16-29/h5-11,14,19H,4,12-13,15,17H2,1-3H3,(H,30,32). The Morgan fingerprint density at radius 3 is 2.76 bits per heavy atom. The zero-order valence-electron chi connectivity index (χ0n) is 19.9. The molecule has 0 radical (unpaired) electrons. The number of anilines is 1. The van der Waals surface area contributed by atoms with Crippen molar-refractivity contribution in [2.45, 2.75) is 46.5 Å². The Balaban J connectivity index is 1.59. The molecule has 4 rings (SSSR count). The molecule has 1 aliphatic carbocycles. The number of hydrogen-bond acceptors (Lipinski definition) is 5. The highest BCUT2D eigenvalue weighted by Crippen LogP contribution is 2.41. The highest BCUT2D eigenvalue weighted by atomic mass is 16.5. The molecule has 1 aromatic heterocycles. The fraction of sp³-hybridized carbons (Fsp3) is 0.357. The van der Waals surface area contributed by atoms with Gasteiger partial charge in [-0.3, -0.25) is 9.78 Å².